The molecule has 110 valence electrons. The Morgan fingerprint density at radius 3 is 3.05 bits per heavy atom. The summed E-state index contributed by atoms with van der Waals surface area (Å²) in [5.74, 6) is 0.782. The molecular formula is C15H18N4O2. The summed E-state index contributed by atoms with van der Waals surface area (Å²) in [5, 5.41) is 2.95. The highest BCUT2D eigenvalue weighted by molar-refractivity contribution is 6.08. The predicted octanol–water partition coefficient (Wildman–Crippen LogP) is 0.676. The van der Waals surface area contributed by atoms with Crippen molar-refractivity contribution in [3.05, 3.63) is 18.3 Å². The summed E-state index contributed by atoms with van der Waals surface area (Å²) in [5.41, 5.74) is 0.756. The molecule has 0 aromatic carbocycles. The molecular weight excluding hydrogens is 268 g/mol. The molecule has 3 aliphatic rings. The van der Waals surface area contributed by atoms with E-state index in [4.69, 9.17) is 0 Å². The molecule has 1 aromatic rings. The van der Waals surface area contributed by atoms with Crippen LogP contribution in [0.4, 0.5) is 11.5 Å². The fraction of sp³-hybridized carbons (Fsp3) is 0.533. The molecule has 2 aliphatic heterocycles. The number of hydrogen-bond donors (Lipinski definition) is 1. The Labute approximate surface area is 123 Å². The third-order valence-electron chi connectivity index (χ3n) is 4.38. The lowest BCUT2D eigenvalue weighted by molar-refractivity contribution is -0.124. The average Bonchev–Trinajstić information content (AvgIpc) is 3.15. The molecule has 3 heterocycles. The smallest absolute Gasteiger partial charge is 0.250 e. The summed E-state index contributed by atoms with van der Waals surface area (Å²) >= 11 is 0. The molecule has 21 heavy (non-hydrogen) atoms. The number of fused-ring (bicyclic) bond motifs is 3. The molecule has 4 rings (SSSR count). The molecule has 6 heteroatoms. The first kappa shape index (κ1) is 12.6. The number of aromatic nitrogens is 1. The van der Waals surface area contributed by atoms with E-state index < -0.39 is 0 Å². The van der Waals surface area contributed by atoms with Gasteiger partial charge in [-0.25, -0.2) is 4.98 Å². The van der Waals surface area contributed by atoms with E-state index in [1.165, 1.54) is 0 Å². The normalized spacial score (nSPS) is 23.8. The van der Waals surface area contributed by atoms with Gasteiger partial charge in [-0.05, 0) is 37.8 Å². The summed E-state index contributed by atoms with van der Waals surface area (Å²) in [6.07, 6.45) is 5.68. The largest absolute Gasteiger partial charge is 0.352 e. The van der Waals surface area contributed by atoms with E-state index in [0.29, 0.717) is 6.04 Å². The molecule has 0 radical (unpaired) electrons. The second-order valence-electron chi connectivity index (χ2n) is 5.96. The second kappa shape index (κ2) is 4.72. The summed E-state index contributed by atoms with van der Waals surface area (Å²) in [4.78, 5) is 32.9. The average molecular weight is 286 g/mol. The number of anilines is 2. The van der Waals surface area contributed by atoms with Crippen molar-refractivity contribution in [2.45, 2.75) is 37.8 Å². The van der Waals surface area contributed by atoms with Crippen molar-refractivity contribution in [2.24, 2.45) is 0 Å². The first-order valence-electron chi connectivity index (χ1n) is 7.56. The maximum absolute atomic E-state index is 12.7. The molecule has 2 amide bonds. The van der Waals surface area contributed by atoms with Gasteiger partial charge >= 0.3 is 0 Å². The molecule has 0 bridgehead atoms. The van der Waals surface area contributed by atoms with E-state index in [2.05, 4.69) is 15.2 Å². The van der Waals surface area contributed by atoms with E-state index in [1.807, 2.05) is 12.1 Å². The zero-order valence-corrected chi connectivity index (χ0v) is 11.8. The highest BCUT2D eigenvalue weighted by Gasteiger charge is 2.42. The molecule has 1 atom stereocenters. The van der Waals surface area contributed by atoms with Gasteiger partial charge in [-0.2, -0.15) is 0 Å². The van der Waals surface area contributed by atoms with Gasteiger partial charge in [-0.3, -0.25) is 14.5 Å². The SMILES string of the molecule is O=C(CN1C(=O)[C@@H]2CCCN2c2ncccc21)NC1CC1. The molecule has 1 aliphatic carbocycles. The maximum Gasteiger partial charge on any atom is 0.250 e. The van der Waals surface area contributed by atoms with Crippen LogP contribution in [0.5, 0.6) is 0 Å². The second-order valence-corrected chi connectivity index (χ2v) is 5.96. The van der Waals surface area contributed by atoms with Crippen LogP contribution in [0.25, 0.3) is 0 Å². The zero-order valence-electron chi connectivity index (χ0n) is 11.8. The van der Waals surface area contributed by atoms with Crippen molar-refractivity contribution in [3.63, 3.8) is 0 Å². The van der Waals surface area contributed by atoms with Crippen LogP contribution in [0.3, 0.4) is 0 Å². The van der Waals surface area contributed by atoms with Crippen LogP contribution in [0.2, 0.25) is 0 Å². The number of nitrogens with zero attached hydrogens (tertiary/aromatic N) is 3. The Kier molecular flexibility index (Phi) is 2.83. The Morgan fingerprint density at radius 2 is 2.24 bits per heavy atom. The quantitative estimate of drug-likeness (QED) is 0.887. The fourth-order valence-electron chi connectivity index (χ4n) is 3.20. The molecule has 1 saturated heterocycles. The Balaban J connectivity index is 1.63. The van der Waals surface area contributed by atoms with Gasteiger partial charge in [-0.1, -0.05) is 0 Å². The first-order chi connectivity index (χ1) is 10.2. The summed E-state index contributed by atoms with van der Waals surface area (Å²) in [6.45, 7) is 0.959. The van der Waals surface area contributed by atoms with Crippen molar-refractivity contribution >= 4 is 23.3 Å². The standard InChI is InChI=1S/C15H18N4O2/c20-13(17-10-5-6-10)9-19-11-3-1-7-16-14(11)18-8-2-4-12(18)15(19)21/h1,3,7,10,12H,2,4-6,8-9H2,(H,17,20)/t12-/m0/s1. The van der Waals surface area contributed by atoms with Crippen LogP contribution in [-0.2, 0) is 9.59 Å². The molecule has 0 spiro atoms. The lowest BCUT2D eigenvalue weighted by Crippen LogP contribution is -2.53. The number of hydrogen-bond acceptors (Lipinski definition) is 4. The molecule has 0 unspecified atom stereocenters. The lowest BCUT2D eigenvalue weighted by Gasteiger charge is -2.38. The number of carbonyl (C=O) groups is 2. The van der Waals surface area contributed by atoms with Crippen LogP contribution in [0.15, 0.2) is 18.3 Å². The van der Waals surface area contributed by atoms with Gasteiger partial charge in [0.15, 0.2) is 5.82 Å². The highest BCUT2D eigenvalue weighted by atomic mass is 16.2. The third kappa shape index (κ3) is 2.14. The van der Waals surface area contributed by atoms with Gasteiger partial charge < -0.3 is 10.2 Å². The number of amides is 2. The van der Waals surface area contributed by atoms with E-state index in [-0.39, 0.29) is 24.4 Å². The lowest BCUT2D eigenvalue weighted by atomic mass is 10.1. The Bertz CT molecular complexity index is 599. The van der Waals surface area contributed by atoms with Gasteiger partial charge in [0, 0.05) is 18.8 Å². The topological polar surface area (TPSA) is 65.5 Å². The van der Waals surface area contributed by atoms with Gasteiger partial charge in [0.2, 0.25) is 11.8 Å². The van der Waals surface area contributed by atoms with Gasteiger partial charge in [0.1, 0.15) is 12.6 Å². The molecule has 1 N–H and O–H groups in total. The number of nitrogens with one attached hydrogen (secondary N) is 1. The van der Waals surface area contributed by atoms with Crippen molar-refractivity contribution in [2.75, 3.05) is 22.9 Å². The van der Waals surface area contributed by atoms with E-state index in [9.17, 15) is 9.59 Å². The number of carbonyl (C=O) groups excluding carboxylic acids is 2. The van der Waals surface area contributed by atoms with Gasteiger partial charge in [0.05, 0.1) is 5.69 Å². The highest BCUT2D eigenvalue weighted by Crippen LogP contribution is 2.38. The Hall–Kier alpha value is -2.11. The van der Waals surface area contributed by atoms with Crippen LogP contribution in [-0.4, -0.2) is 42.0 Å². The minimum absolute atomic E-state index is 0.0268. The van der Waals surface area contributed by atoms with Crippen molar-refractivity contribution in [1.29, 1.82) is 0 Å². The van der Waals surface area contributed by atoms with Crippen molar-refractivity contribution in [1.82, 2.24) is 10.3 Å². The fourth-order valence-corrected chi connectivity index (χ4v) is 3.20. The molecule has 1 aromatic heterocycles. The Morgan fingerprint density at radius 1 is 1.38 bits per heavy atom. The minimum atomic E-state index is -0.152. The number of rotatable bonds is 3. The summed E-state index contributed by atoms with van der Waals surface area (Å²) in [7, 11) is 0. The number of pyridine rings is 1. The van der Waals surface area contributed by atoms with Crippen molar-refractivity contribution in [3.8, 4) is 0 Å². The monoisotopic (exact) mass is 286 g/mol. The van der Waals surface area contributed by atoms with E-state index >= 15 is 0 Å². The molecule has 6 nitrogen and oxygen atoms in total. The van der Waals surface area contributed by atoms with E-state index in [0.717, 1.165) is 43.7 Å². The molecule has 2 fully saturated rings. The molecule has 1 saturated carbocycles. The van der Waals surface area contributed by atoms with Gasteiger partial charge in [0.25, 0.3) is 0 Å². The van der Waals surface area contributed by atoms with Crippen LogP contribution in [0, 0.1) is 0 Å². The van der Waals surface area contributed by atoms with E-state index in [1.54, 1.807) is 11.1 Å². The van der Waals surface area contributed by atoms with Crippen LogP contribution in [0.1, 0.15) is 25.7 Å². The van der Waals surface area contributed by atoms with Crippen molar-refractivity contribution < 1.29 is 9.59 Å². The minimum Gasteiger partial charge on any atom is -0.352 e. The zero-order chi connectivity index (χ0) is 14.4. The predicted molar refractivity (Wildman–Crippen MR) is 78.1 cm³/mol. The summed E-state index contributed by atoms with van der Waals surface area (Å²) < 4.78 is 0. The first-order valence-corrected chi connectivity index (χ1v) is 7.56. The third-order valence-corrected chi connectivity index (χ3v) is 4.38. The summed E-state index contributed by atoms with van der Waals surface area (Å²) in [6, 6.07) is 3.85. The maximum atomic E-state index is 12.7. The van der Waals surface area contributed by atoms with Crippen LogP contribution >= 0.6 is 0 Å². The van der Waals surface area contributed by atoms with Gasteiger partial charge in [-0.15, -0.1) is 0 Å². The van der Waals surface area contributed by atoms with Crippen LogP contribution < -0.4 is 15.1 Å².